The molecule has 0 spiro atoms. The predicted molar refractivity (Wildman–Crippen MR) is 125 cm³/mol. The molecule has 1 aliphatic heterocycles. The number of amides is 1. The molecule has 9 heteroatoms. The fraction of sp³-hybridized carbons (Fsp3) is 0.360. The van der Waals surface area contributed by atoms with Crippen molar-refractivity contribution in [2.24, 2.45) is 5.41 Å². The zero-order chi connectivity index (χ0) is 24.6. The summed E-state index contributed by atoms with van der Waals surface area (Å²) in [5.74, 6) is 4.84. The molecule has 34 heavy (non-hydrogen) atoms. The van der Waals surface area contributed by atoms with E-state index in [0.29, 0.717) is 5.75 Å². The Morgan fingerprint density at radius 3 is 2.29 bits per heavy atom. The molecule has 0 bridgehead atoms. The highest BCUT2D eigenvalue weighted by Gasteiger charge is 2.47. The molecular weight excluding hydrogens is 458 g/mol. The van der Waals surface area contributed by atoms with E-state index in [1.165, 1.54) is 29.2 Å². The monoisotopic (exact) mass is 485 g/mol. The molecule has 8 nitrogen and oxygen atoms in total. The van der Waals surface area contributed by atoms with Crippen LogP contribution in [0, 0.1) is 17.3 Å². The Labute approximate surface area is 199 Å². The zero-order valence-corrected chi connectivity index (χ0v) is 19.7. The van der Waals surface area contributed by atoms with Gasteiger partial charge in [0.2, 0.25) is 0 Å². The smallest absolute Gasteiger partial charge is 0.407 e. The van der Waals surface area contributed by atoms with Crippen molar-refractivity contribution < 1.29 is 32.6 Å². The Bertz CT molecular complexity index is 1160. The van der Waals surface area contributed by atoms with Gasteiger partial charge in [-0.3, -0.25) is 4.79 Å². The minimum absolute atomic E-state index is 0.0107. The van der Waals surface area contributed by atoms with Crippen LogP contribution in [-0.2, 0) is 26.0 Å². The Morgan fingerprint density at radius 1 is 1.06 bits per heavy atom. The zero-order valence-electron chi connectivity index (χ0n) is 18.9. The fourth-order valence-electron chi connectivity index (χ4n) is 3.79. The van der Waals surface area contributed by atoms with E-state index in [1.54, 1.807) is 19.1 Å². The van der Waals surface area contributed by atoms with Crippen molar-refractivity contribution in [2.75, 3.05) is 25.4 Å². The molecule has 1 aliphatic rings. The largest absolute Gasteiger partial charge is 0.481 e. The maximum Gasteiger partial charge on any atom is 0.407 e. The lowest BCUT2D eigenvalue weighted by Crippen LogP contribution is -2.49. The summed E-state index contributed by atoms with van der Waals surface area (Å²) in [7, 11) is -3.88. The van der Waals surface area contributed by atoms with Crippen LogP contribution in [0.25, 0.3) is 0 Å². The molecule has 0 aromatic heterocycles. The number of sulfone groups is 1. The Morgan fingerprint density at radius 2 is 1.71 bits per heavy atom. The molecule has 0 radical (unpaired) electrons. The highest BCUT2D eigenvalue weighted by Crippen LogP contribution is 2.37. The van der Waals surface area contributed by atoms with Crippen molar-refractivity contribution in [3.63, 3.8) is 0 Å². The molecule has 2 aromatic carbocycles. The predicted octanol–water partition coefficient (Wildman–Crippen LogP) is 3.37. The third-order valence-electron chi connectivity index (χ3n) is 5.77. The van der Waals surface area contributed by atoms with E-state index in [-0.39, 0.29) is 44.0 Å². The van der Waals surface area contributed by atoms with Crippen molar-refractivity contribution >= 4 is 21.9 Å². The van der Waals surface area contributed by atoms with E-state index in [0.717, 1.165) is 5.56 Å². The molecule has 0 atom stereocenters. The van der Waals surface area contributed by atoms with E-state index in [4.69, 9.17) is 9.47 Å². The Kier molecular flexibility index (Phi) is 8.18. The van der Waals surface area contributed by atoms with Gasteiger partial charge in [-0.2, -0.15) is 0 Å². The number of hydrogen-bond donors (Lipinski definition) is 1. The van der Waals surface area contributed by atoms with Crippen molar-refractivity contribution in [2.45, 2.75) is 31.3 Å². The van der Waals surface area contributed by atoms with Crippen LogP contribution in [0.3, 0.4) is 0 Å². The van der Waals surface area contributed by atoms with Crippen molar-refractivity contribution in [3.8, 4) is 17.6 Å². The molecule has 1 amide bonds. The van der Waals surface area contributed by atoms with Gasteiger partial charge in [0.25, 0.3) is 0 Å². The number of carboxylic acid groups (broad SMARTS) is 1. The molecular formula is C25H27NO7S. The van der Waals surface area contributed by atoms with Crippen molar-refractivity contribution in [3.05, 3.63) is 60.2 Å². The van der Waals surface area contributed by atoms with Gasteiger partial charge >= 0.3 is 12.1 Å². The van der Waals surface area contributed by atoms with Gasteiger partial charge in [0.15, 0.2) is 9.84 Å². The first-order valence-corrected chi connectivity index (χ1v) is 12.5. The molecule has 1 heterocycles. The molecule has 1 N–H and O–H groups in total. The molecule has 180 valence electrons. The van der Waals surface area contributed by atoms with Gasteiger partial charge in [-0.05, 0) is 49.6 Å². The number of piperidine rings is 1. The molecule has 0 saturated carbocycles. The van der Waals surface area contributed by atoms with Crippen molar-refractivity contribution in [1.82, 2.24) is 4.90 Å². The maximum absolute atomic E-state index is 13.3. The third kappa shape index (κ3) is 6.29. The lowest BCUT2D eigenvalue weighted by Gasteiger charge is -2.38. The van der Waals surface area contributed by atoms with Crippen LogP contribution in [0.5, 0.6) is 5.75 Å². The molecule has 0 unspecified atom stereocenters. The van der Waals surface area contributed by atoms with E-state index in [1.807, 2.05) is 18.2 Å². The van der Waals surface area contributed by atoms with E-state index >= 15 is 0 Å². The van der Waals surface area contributed by atoms with E-state index in [9.17, 15) is 23.1 Å². The molecule has 1 fully saturated rings. The van der Waals surface area contributed by atoms with Gasteiger partial charge in [0, 0.05) is 13.1 Å². The second-order valence-corrected chi connectivity index (χ2v) is 10.0. The normalized spacial score (nSPS) is 15.0. The van der Waals surface area contributed by atoms with Crippen LogP contribution in [0.15, 0.2) is 59.5 Å². The first-order valence-electron chi connectivity index (χ1n) is 10.8. The summed E-state index contributed by atoms with van der Waals surface area (Å²) in [6, 6.07) is 15.0. The molecule has 3 rings (SSSR count). The second-order valence-electron chi connectivity index (χ2n) is 8.06. The highest BCUT2D eigenvalue weighted by molar-refractivity contribution is 7.91. The summed E-state index contributed by atoms with van der Waals surface area (Å²) in [6.07, 6.45) is -0.982. The van der Waals surface area contributed by atoms with Gasteiger partial charge in [-0.15, -0.1) is 5.92 Å². The van der Waals surface area contributed by atoms with Crippen LogP contribution < -0.4 is 4.74 Å². The number of nitrogens with zero attached hydrogens (tertiary/aromatic N) is 1. The number of carbonyl (C=O) groups excluding carboxylic acids is 1. The average Bonchev–Trinajstić information content (AvgIpc) is 2.83. The third-order valence-corrected chi connectivity index (χ3v) is 7.70. The van der Waals surface area contributed by atoms with Gasteiger partial charge in [-0.1, -0.05) is 36.3 Å². The average molecular weight is 486 g/mol. The summed E-state index contributed by atoms with van der Waals surface area (Å²) in [4.78, 5) is 25.8. The summed E-state index contributed by atoms with van der Waals surface area (Å²) in [5, 5.41) is 9.28. The second kappa shape index (κ2) is 11.1. The lowest BCUT2D eigenvalue weighted by atomic mass is 9.80. The molecule has 0 aliphatic carbocycles. The molecule has 1 saturated heterocycles. The van der Waals surface area contributed by atoms with Gasteiger partial charge < -0.3 is 19.5 Å². The number of likely N-dealkylation sites (tertiary alicyclic amines) is 1. The van der Waals surface area contributed by atoms with Crippen LogP contribution in [-0.4, -0.2) is 55.9 Å². The number of rotatable bonds is 8. The van der Waals surface area contributed by atoms with Crippen LogP contribution in [0.1, 0.15) is 25.3 Å². The number of ether oxygens (including phenoxy) is 2. The minimum Gasteiger partial charge on any atom is -0.481 e. The lowest BCUT2D eigenvalue weighted by molar-refractivity contribution is -0.158. The van der Waals surface area contributed by atoms with Crippen LogP contribution in [0.4, 0.5) is 4.79 Å². The van der Waals surface area contributed by atoms with Gasteiger partial charge in [0.05, 0.1) is 16.1 Å². The fourth-order valence-corrected chi connectivity index (χ4v) is 5.64. The number of esters is 1. The van der Waals surface area contributed by atoms with Gasteiger partial charge in [0.1, 0.15) is 19.0 Å². The Balaban J connectivity index is 1.79. The summed E-state index contributed by atoms with van der Waals surface area (Å²) in [5.41, 5.74) is -0.564. The SMILES string of the molecule is CC#CCOc1ccc(S(=O)(=O)CC2(C(=O)OCc3ccccc3)CCN(C(=O)O)CC2)cc1. The van der Waals surface area contributed by atoms with E-state index < -0.39 is 33.1 Å². The van der Waals surface area contributed by atoms with E-state index in [2.05, 4.69) is 11.8 Å². The number of benzene rings is 2. The maximum atomic E-state index is 13.3. The number of hydrogen-bond acceptors (Lipinski definition) is 6. The molecule has 2 aromatic rings. The highest BCUT2D eigenvalue weighted by atomic mass is 32.2. The quantitative estimate of drug-likeness (QED) is 0.451. The number of carbonyl (C=O) groups is 2. The summed E-state index contributed by atoms with van der Waals surface area (Å²) in [6.45, 7) is 2.00. The first kappa shape index (κ1) is 25.1. The minimum atomic E-state index is -3.88. The van der Waals surface area contributed by atoms with Gasteiger partial charge in [-0.25, -0.2) is 13.2 Å². The summed E-state index contributed by atoms with van der Waals surface area (Å²) >= 11 is 0. The van der Waals surface area contributed by atoms with Crippen LogP contribution >= 0.6 is 0 Å². The van der Waals surface area contributed by atoms with Crippen LogP contribution in [0.2, 0.25) is 0 Å². The van der Waals surface area contributed by atoms with Crippen molar-refractivity contribution in [1.29, 1.82) is 0 Å². The first-order chi connectivity index (χ1) is 16.3. The topological polar surface area (TPSA) is 110 Å². The standard InChI is InChI=1S/C25H27NO7S/c1-2-3-17-32-21-9-11-22(12-10-21)34(30,31)19-25(13-15-26(16-14-25)24(28)29)23(27)33-18-20-7-5-4-6-8-20/h4-12H,13-19H2,1H3,(H,28,29). The summed E-state index contributed by atoms with van der Waals surface area (Å²) < 4.78 is 37.5. The Hall–Kier alpha value is -3.51.